The fourth-order valence-electron chi connectivity index (χ4n) is 2.84. The van der Waals surface area contributed by atoms with Crippen LogP contribution in [-0.2, 0) is 16.0 Å². The number of halogens is 2. The highest BCUT2D eigenvalue weighted by atomic mass is 79.9. The maximum atomic E-state index is 12.3. The number of hydrogen-bond donors (Lipinski definition) is 0. The van der Waals surface area contributed by atoms with Gasteiger partial charge < -0.3 is 9.47 Å². The number of ether oxygens (including phenoxy) is 2. The zero-order valence-corrected chi connectivity index (χ0v) is 19.1. The third-order valence-corrected chi connectivity index (χ3v) is 5.46. The van der Waals surface area contributed by atoms with Crippen LogP contribution in [0.2, 0.25) is 5.02 Å². The second-order valence-corrected chi connectivity index (χ2v) is 9.35. The fourth-order valence-corrected chi connectivity index (χ4v) is 4.23. The molecule has 148 valence electrons. The van der Waals surface area contributed by atoms with Gasteiger partial charge in [0.25, 0.3) is 0 Å². The quantitative estimate of drug-likeness (QED) is 0.307. The summed E-state index contributed by atoms with van der Waals surface area (Å²) in [5.74, 6) is 0.502. The van der Waals surface area contributed by atoms with E-state index in [-0.39, 0.29) is 12.4 Å². The fraction of sp³-hybridized carbons (Fsp3) is 0.333. The molecule has 0 unspecified atom stereocenters. The lowest BCUT2D eigenvalue weighted by atomic mass is 10.0. The van der Waals surface area contributed by atoms with Crippen LogP contribution in [0.1, 0.15) is 26.3 Å². The minimum Gasteiger partial charge on any atom is -0.492 e. The molecule has 0 aliphatic heterocycles. The topological polar surface area (TPSA) is 48.4 Å². The lowest BCUT2D eigenvalue weighted by Gasteiger charge is -2.19. The maximum absolute atomic E-state index is 12.3. The molecule has 0 bridgehead atoms. The lowest BCUT2D eigenvalue weighted by Crippen LogP contribution is -2.24. The summed E-state index contributed by atoms with van der Waals surface area (Å²) in [6.07, 6.45) is 1.94. The molecule has 0 radical (unpaired) electrons. The van der Waals surface area contributed by atoms with Gasteiger partial charge in [0.1, 0.15) is 11.4 Å². The van der Waals surface area contributed by atoms with Gasteiger partial charge >= 0.3 is 5.97 Å². The van der Waals surface area contributed by atoms with Crippen LogP contribution in [0.15, 0.2) is 35.8 Å². The molecule has 3 rings (SSSR count). The normalized spacial score (nSPS) is 11.6. The Morgan fingerprint density at radius 3 is 2.75 bits per heavy atom. The van der Waals surface area contributed by atoms with E-state index in [2.05, 4.69) is 20.9 Å². The van der Waals surface area contributed by atoms with E-state index in [9.17, 15) is 4.79 Å². The average molecular weight is 483 g/mol. The second kappa shape index (κ2) is 8.80. The first-order chi connectivity index (χ1) is 13.3. The van der Waals surface area contributed by atoms with Crippen LogP contribution >= 0.6 is 38.9 Å². The zero-order chi connectivity index (χ0) is 20.3. The summed E-state index contributed by atoms with van der Waals surface area (Å²) >= 11 is 11.2. The van der Waals surface area contributed by atoms with Crippen molar-refractivity contribution in [2.24, 2.45) is 0 Å². The van der Waals surface area contributed by atoms with Gasteiger partial charge in [-0.1, -0.05) is 27.5 Å². The van der Waals surface area contributed by atoms with E-state index in [1.54, 1.807) is 17.5 Å². The zero-order valence-electron chi connectivity index (χ0n) is 15.9. The van der Waals surface area contributed by atoms with E-state index in [4.69, 9.17) is 21.1 Å². The van der Waals surface area contributed by atoms with Crippen LogP contribution in [0.25, 0.3) is 21.3 Å². The van der Waals surface area contributed by atoms with Crippen molar-refractivity contribution < 1.29 is 14.3 Å². The molecule has 0 saturated heterocycles. The maximum Gasteiger partial charge on any atom is 0.310 e. The molecule has 4 nitrogen and oxygen atoms in total. The number of thiophene rings is 1. The van der Waals surface area contributed by atoms with Crippen LogP contribution in [0.3, 0.4) is 0 Å². The van der Waals surface area contributed by atoms with Gasteiger partial charge in [0.05, 0.1) is 23.2 Å². The number of nitrogens with zero attached hydrogens (tertiary/aromatic N) is 1. The molecule has 2 aromatic heterocycles. The molecule has 7 heteroatoms. The summed E-state index contributed by atoms with van der Waals surface area (Å²) in [6.45, 7) is 6.14. The second-order valence-electron chi connectivity index (χ2n) is 7.24. The van der Waals surface area contributed by atoms with Gasteiger partial charge in [-0.15, -0.1) is 11.3 Å². The summed E-state index contributed by atoms with van der Waals surface area (Å²) < 4.78 is 12.3. The van der Waals surface area contributed by atoms with E-state index >= 15 is 0 Å². The standard InChI is InChI=1S/C21H21BrClNO3S/c1-21(2,3)27-18(25)10-13-12-28-20-15(6-8-24-19(13)20)16-11-14(23)4-5-17(16)26-9-7-22/h4-6,8,11-12H,7,9-10H2,1-3H3. The van der Waals surface area contributed by atoms with E-state index in [0.29, 0.717) is 11.6 Å². The van der Waals surface area contributed by atoms with Gasteiger partial charge in [0.2, 0.25) is 0 Å². The molecule has 3 aromatic rings. The van der Waals surface area contributed by atoms with Crippen molar-refractivity contribution in [2.75, 3.05) is 11.9 Å². The van der Waals surface area contributed by atoms with Crippen molar-refractivity contribution in [1.82, 2.24) is 4.98 Å². The molecular formula is C21H21BrClNO3S. The number of pyridine rings is 1. The molecule has 0 amide bonds. The number of alkyl halides is 1. The third-order valence-electron chi connectivity index (χ3n) is 3.85. The van der Waals surface area contributed by atoms with Crippen LogP contribution in [0.5, 0.6) is 5.75 Å². The predicted molar refractivity (Wildman–Crippen MR) is 119 cm³/mol. The summed E-state index contributed by atoms with van der Waals surface area (Å²) in [5.41, 5.74) is 3.05. The molecule has 0 N–H and O–H groups in total. The van der Waals surface area contributed by atoms with Gasteiger partial charge in [-0.05, 0) is 50.4 Å². The Morgan fingerprint density at radius 2 is 2.04 bits per heavy atom. The molecule has 28 heavy (non-hydrogen) atoms. The SMILES string of the molecule is CC(C)(C)OC(=O)Cc1csc2c(-c3cc(Cl)ccc3OCCBr)ccnc12. The summed E-state index contributed by atoms with van der Waals surface area (Å²) in [7, 11) is 0. The average Bonchev–Trinajstić information content (AvgIpc) is 3.02. The van der Waals surface area contributed by atoms with Crippen molar-refractivity contribution in [1.29, 1.82) is 0 Å². The number of carbonyl (C=O) groups excluding carboxylic acids is 1. The molecule has 0 aliphatic rings. The number of esters is 1. The van der Waals surface area contributed by atoms with Crippen molar-refractivity contribution in [3.8, 4) is 16.9 Å². The largest absolute Gasteiger partial charge is 0.492 e. The van der Waals surface area contributed by atoms with Gasteiger partial charge in [0, 0.05) is 33.2 Å². The number of rotatable bonds is 6. The van der Waals surface area contributed by atoms with Gasteiger partial charge in [-0.25, -0.2) is 0 Å². The first-order valence-electron chi connectivity index (χ1n) is 8.84. The molecule has 2 heterocycles. The van der Waals surface area contributed by atoms with E-state index in [0.717, 1.165) is 38.0 Å². The highest BCUT2D eigenvalue weighted by molar-refractivity contribution is 9.09. The molecule has 1 aromatic carbocycles. The first-order valence-corrected chi connectivity index (χ1v) is 11.2. The van der Waals surface area contributed by atoms with Crippen LogP contribution in [0, 0.1) is 0 Å². The Balaban J connectivity index is 2.00. The Kier molecular flexibility index (Phi) is 6.63. The minimum absolute atomic E-state index is 0.191. The molecule has 0 atom stereocenters. The van der Waals surface area contributed by atoms with Crippen LogP contribution < -0.4 is 4.74 Å². The summed E-state index contributed by atoms with van der Waals surface area (Å²) in [4.78, 5) is 16.8. The number of fused-ring (bicyclic) bond motifs is 1. The van der Waals surface area contributed by atoms with E-state index < -0.39 is 5.60 Å². The predicted octanol–water partition coefficient (Wildman–Crippen LogP) is 6.27. The molecule has 0 spiro atoms. The Bertz CT molecular complexity index is 997. The van der Waals surface area contributed by atoms with Gasteiger partial charge in [-0.2, -0.15) is 0 Å². The number of carbonyl (C=O) groups is 1. The highest BCUT2D eigenvalue weighted by Crippen LogP contribution is 2.39. The van der Waals surface area contributed by atoms with Gasteiger partial charge in [-0.3, -0.25) is 9.78 Å². The Labute approximate surface area is 182 Å². The Morgan fingerprint density at radius 1 is 1.25 bits per heavy atom. The van der Waals surface area contributed by atoms with E-state index in [1.807, 2.05) is 50.4 Å². The van der Waals surface area contributed by atoms with Crippen LogP contribution in [0.4, 0.5) is 0 Å². The van der Waals surface area contributed by atoms with Gasteiger partial charge in [0.15, 0.2) is 0 Å². The highest BCUT2D eigenvalue weighted by Gasteiger charge is 2.20. The van der Waals surface area contributed by atoms with Crippen molar-refractivity contribution >= 4 is 55.1 Å². The van der Waals surface area contributed by atoms with Crippen molar-refractivity contribution in [2.45, 2.75) is 32.8 Å². The number of aromatic nitrogens is 1. The Hall–Kier alpha value is -1.63. The number of hydrogen-bond acceptors (Lipinski definition) is 5. The molecule has 0 saturated carbocycles. The van der Waals surface area contributed by atoms with Crippen molar-refractivity contribution in [3.63, 3.8) is 0 Å². The number of benzene rings is 1. The van der Waals surface area contributed by atoms with E-state index in [1.165, 1.54) is 0 Å². The summed E-state index contributed by atoms with van der Waals surface area (Å²) in [5, 5.41) is 3.34. The lowest BCUT2D eigenvalue weighted by molar-refractivity contribution is -0.153. The smallest absolute Gasteiger partial charge is 0.310 e. The van der Waals surface area contributed by atoms with Crippen LogP contribution in [-0.4, -0.2) is 28.5 Å². The van der Waals surface area contributed by atoms with Crippen molar-refractivity contribution in [3.05, 3.63) is 46.4 Å². The summed E-state index contributed by atoms with van der Waals surface area (Å²) in [6, 6.07) is 7.53. The first kappa shape index (κ1) is 21.1. The molecule has 0 aliphatic carbocycles. The monoisotopic (exact) mass is 481 g/mol. The minimum atomic E-state index is -0.510. The molecule has 0 fully saturated rings. The third kappa shape index (κ3) is 5.04. The molecular weight excluding hydrogens is 462 g/mol.